The van der Waals surface area contributed by atoms with Crippen molar-refractivity contribution in [1.82, 2.24) is 10.2 Å². The van der Waals surface area contributed by atoms with Crippen LogP contribution in [0.4, 0.5) is 0 Å². The molecule has 4 heteroatoms. The Morgan fingerprint density at radius 1 is 1.45 bits per heavy atom. The van der Waals surface area contributed by atoms with E-state index in [-0.39, 0.29) is 0 Å². The second-order valence-corrected chi connectivity index (χ2v) is 5.72. The standard InChI is InChI=1S/C16H28N2O2/c1-4-17-10-14-9-16(20-13(14)2)12-19-11-15-7-5-6-8-18(15)3/h9,15,17H,4-8,10-12H2,1-3H3. The first-order chi connectivity index (χ1) is 9.70. The molecule has 1 aromatic rings. The molecule has 0 aromatic carbocycles. The maximum Gasteiger partial charge on any atom is 0.130 e. The molecule has 1 N–H and O–H groups in total. The van der Waals surface area contributed by atoms with Gasteiger partial charge in [-0.05, 0) is 46.0 Å². The molecule has 1 fully saturated rings. The zero-order chi connectivity index (χ0) is 14.4. The SMILES string of the molecule is CCNCc1cc(COCC2CCCCN2C)oc1C. The van der Waals surface area contributed by atoms with Crippen molar-refractivity contribution in [3.05, 3.63) is 23.2 Å². The van der Waals surface area contributed by atoms with Crippen molar-refractivity contribution in [3.8, 4) is 0 Å². The number of hydrogen-bond acceptors (Lipinski definition) is 4. The van der Waals surface area contributed by atoms with E-state index in [2.05, 4.69) is 30.3 Å². The number of hydrogen-bond donors (Lipinski definition) is 1. The highest BCUT2D eigenvalue weighted by molar-refractivity contribution is 5.20. The van der Waals surface area contributed by atoms with Gasteiger partial charge >= 0.3 is 0 Å². The summed E-state index contributed by atoms with van der Waals surface area (Å²) in [6, 6.07) is 2.68. The van der Waals surface area contributed by atoms with Crippen LogP contribution in [0.5, 0.6) is 0 Å². The normalized spacial score (nSPS) is 20.4. The Labute approximate surface area is 122 Å². The number of furan rings is 1. The summed E-state index contributed by atoms with van der Waals surface area (Å²) >= 11 is 0. The second-order valence-electron chi connectivity index (χ2n) is 5.72. The Morgan fingerprint density at radius 2 is 2.30 bits per heavy atom. The van der Waals surface area contributed by atoms with Crippen LogP contribution in [0.15, 0.2) is 10.5 Å². The van der Waals surface area contributed by atoms with Gasteiger partial charge in [0, 0.05) is 18.2 Å². The van der Waals surface area contributed by atoms with Crippen molar-refractivity contribution in [3.63, 3.8) is 0 Å². The zero-order valence-corrected chi connectivity index (χ0v) is 13.1. The van der Waals surface area contributed by atoms with Crippen LogP contribution in [0.25, 0.3) is 0 Å². The van der Waals surface area contributed by atoms with Crippen molar-refractivity contribution < 1.29 is 9.15 Å². The van der Waals surface area contributed by atoms with E-state index < -0.39 is 0 Å². The summed E-state index contributed by atoms with van der Waals surface area (Å²) in [7, 11) is 2.19. The molecule has 4 nitrogen and oxygen atoms in total. The number of likely N-dealkylation sites (N-methyl/N-ethyl adjacent to an activating group) is 1. The van der Waals surface area contributed by atoms with Crippen LogP contribution in [-0.4, -0.2) is 37.7 Å². The Hall–Kier alpha value is -0.840. The van der Waals surface area contributed by atoms with E-state index in [1.54, 1.807) is 0 Å². The average Bonchev–Trinajstić information content (AvgIpc) is 2.79. The minimum absolute atomic E-state index is 0.570. The van der Waals surface area contributed by atoms with Gasteiger partial charge < -0.3 is 19.4 Å². The number of ether oxygens (including phenoxy) is 1. The molecule has 114 valence electrons. The van der Waals surface area contributed by atoms with E-state index in [9.17, 15) is 0 Å². The van der Waals surface area contributed by atoms with Gasteiger partial charge in [0.25, 0.3) is 0 Å². The van der Waals surface area contributed by atoms with Gasteiger partial charge in [-0.3, -0.25) is 0 Å². The van der Waals surface area contributed by atoms with Crippen LogP contribution in [0.1, 0.15) is 43.3 Å². The molecule has 2 heterocycles. The molecule has 1 aliphatic rings. The predicted molar refractivity (Wildman–Crippen MR) is 80.8 cm³/mol. The van der Waals surface area contributed by atoms with Crippen molar-refractivity contribution in [2.45, 2.75) is 52.3 Å². The van der Waals surface area contributed by atoms with Crippen molar-refractivity contribution >= 4 is 0 Å². The Kier molecular flexibility index (Phi) is 6.07. The third-order valence-corrected chi connectivity index (χ3v) is 4.11. The average molecular weight is 280 g/mol. The number of aryl methyl sites for hydroxylation is 1. The lowest BCUT2D eigenvalue weighted by Crippen LogP contribution is -2.39. The summed E-state index contributed by atoms with van der Waals surface area (Å²) in [5.41, 5.74) is 1.24. The van der Waals surface area contributed by atoms with Crippen LogP contribution in [-0.2, 0) is 17.9 Å². The Morgan fingerprint density at radius 3 is 3.05 bits per heavy atom. The number of rotatable bonds is 7. The fraction of sp³-hybridized carbons (Fsp3) is 0.750. The number of nitrogens with zero attached hydrogens (tertiary/aromatic N) is 1. The van der Waals surface area contributed by atoms with Gasteiger partial charge in [0.15, 0.2) is 0 Å². The van der Waals surface area contributed by atoms with Crippen LogP contribution < -0.4 is 5.32 Å². The Bertz CT molecular complexity index is 403. The summed E-state index contributed by atoms with van der Waals surface area (Å²) in [6.07, 6.45) is 3.89. The minimum Gasteiger partial charge on any atom is -0.464 e. The molecular formula is C16H28N2O2. The van der Waals surface area contributed by atoms with Gasteiger partial charge in [-0.25, -0.2) is 0 Å². The molecule has 0 spiro atoms. The van der Waals surface area contributed by atoms with Crippen LogP contribution in [0, 0.1) is 6.92 Å². The van der Waals surface area contributed by atoms with Crippen LogP contribution >= 0.6 is 0 Å². The van der Waals surface area contributed by atoms with Crippen molar-refractivity contribution in [2.24, 2.45) is 0 Å². The first kappa shape index (κ1) is 15.5. The van der Waals surface area contributed by atoms with Crippen LogP contribution in [0.3, 0.4) is 0 Å². The van der Waals surface area contributed by atoms with Gasteiger partial charge in [-0.1, -0.05) is 13.3 Å². The van der Waals surface area contributed by atoms with E-state index >= 15 is 0 Å². The highest BCUT2D eigenvalue weighted by Crippen LogP contribution is 2.18. The highest BCUT2D eigenvalue weighted by atomic mass is 16.5. The summed E-state index contributed by atoms with van der Waals surface area (Å²) in [4.78, 5) is 2.41. The Balaban J connectivity index is 1.76. The molecular weight excluding hydrogens is 252 g/mol. The fourth-order valence-corrected chi connectivity index (χ4v) is 2.74. The molecule has 0 amide bonds. The minimum atomic E-state index is 0.570. The lowest BCUT2D eigenvalue weighted by molar-refractivity contribution is 0.0372. The maximum absolute atomic E-state index is 5.85. The van der Waals surface area contributed by atoms with E-state index in [4.69, 9.17) is 9.15 Å². The third kappa shape index (κ3) is 4.33. The summed E-state index contributed by atoms with van der Waals surface area (Å²) in [5, 5.41) is 3.32. The van der Waals surface area contributed by atoms with Crippen molar-refractivity contribution in [2.75, 3.05) is 26.7 Å². The molecule has 1 aromatic heterocycles. The maximum atomic E-state index is 5.85. The van der Waals surface area contributed by atoms with Crippen molar-refractivity contribution in [1.29, 1.82) is 0 Å². The summed E-state index contributed by atoms with van der Waals surface area (Å²) in [6.45, 7) is 8.56. The van der Waals surface area contributed by atoms with E-state index in [1.165, 1.54) is 31.4 Å². The van der Waals surface area contributed by atoms with Gasteiger partial charge in [0.05, 0.1) is 6.61 Å². The number of likely N-dealkylation sites (tertiary alicyclic amines) is 1. The second kappa shape index (κ2) is 7.81. The molecule has 1 saturated heterocycles. The molecule has 20 heavy (non-hydrogen) atoms. The van der Waals surface area contributed by atoms with Gasteiger partial charge in [-0.2, -0.15) is 0 Å². The van der Waals surface area contributed by atoms with E-state index in [0.29, 0.717) is 12.6 Å². The zero-order valence-electron chi connectivity index (χ0n) is 13.1. The fourth-order valence-electron chi connectivity index (χ4n) is 2.74. The summed E-state index contributed by atoms with van der Waals surface area (Å²) in [5.74, 6) is 1.94. The van der Waals surface area contributed by atoms with Crippen LogP contribution in [0.2, 0.25) is 0 Å². The number of piperidine rings is 1. The molecule has 0 aliphatic carbocycles. The number of nitrogens with one attached hydrogen (secondary N) is 1. The monoisotopic (exact) mass is 280 g/mol. The smallest absolute Gasteiger partial charge is 0.130 e. The molecule has 0 bridgehead atoms. The molecule has 0 saturated carbocycles. The largest absolute Gasteiger partial charge is 0.464 e. The van der Waals surface area contributed by atoms with E-state index in [1.807, 2.05) is 6.92 Å². The van der Waals surface area contributed by atoms with E-state index in [0.717, 1.165) is 31.2 Å². The third-order valence-electron chi connectivity index (χ3n) is 4.11. The lowest BCUT2D eigenvalue weighted by Gasteiger charge is -2.32. The molecule has 1 unspecified atom stereocenters. The topological polar surface area (TPSA) is 37.6 Å². The van der Waals surface area contributed by atoms with Gasteiger partial charge in [-0.15, -0.1) is 0 Å². The lowest BCUT2D eigenvalue weighted by atomic mass is 10.0. The first-order valence-corrected chi connectivity index (χ1v) is 7.77. The van der Waals surface area contributed by atoms with Gasteiger partial charge in [0.1, 0.15) is 18.1 Å². The molecule has 0 radical (unpaired) electrons. The molecule has 1 atom stereocenters. The molecule has 2 rings (SSSR count). The van der Waals surface area contributed by atoms with Gasteiger partial charge in [0.2, 0.25) is 0 Å². The highest BCUT2D eigenvalue weighted by Gasteiger charge is 2.19. The quantitative estimate of drug-likeness (QED) is 0.833. The first-order valence-electron chi connectivity index (χ1n) is 7.77. The molecule has 1 aliphatic heterocycles. The summed E-state index contributed by atoms with van der Waals surface area (Å²) < 4.78 is 11.6. The predicted octanol–water partition coefficient (Wildman–Crippen LogP) is 2.70.